The number of aromatic nitrogens is 2. The van der Waals surface area contributed by atoms with Crippen LogP contribution in [0.3, 0.4) is 0 Å². The highest BCUT2D eigenvalue weighted by molar-refractivity contribution is 9.10. The minimum atomic E-state index is 0.772. The van der Waals surface area contributed by atoms with Gasteiger partial charge in [-0.25, -0.2) is 4.98 Å². The number of rotatable bonds is 3. The monoisotopic (exact) mass is 269 g/mol. The van der Waals surface area contributed by atoms with Crippen LogP contribution >= 0.6 is 27.5 Å². The van der Waals surface area contributed by atoms with E-state index in [0.29, 0.717) is 0 Å². The summed E-state index contributed by atoms with van der Waals surface area (Å²) < 4.78 is 5.00. The van der Waals surface area contributed by atoms with Crippen LogP contribution in [0, 0.1) is 0 Å². The first kappa shape index (κ1) is 9.61. The summed E-state index contributed by atoms with van der Waals surface area (Å²) in [4.78, 5) is 4.04. The quantitative estimate of drug-likeness (QED) is 0.931. The molecule has 14 heavy (non-hydrogen) atoms. The van der Waals surface area contributed by atoms with Gasteiger partial charge >= 0.3 is 0 Å². The Morgan fingerprint density at radius 2 is 2.36 bits per heavy atom. The largest absolute Gasteiger partial charge is 0.356 e. The van der Waals surface area contributed by atoms with Crippen LogP contribution in [0.2, 0.25) is 0 Å². The van der Waals surface area contributed by atoms with Crippen LogP contribution in [-0.2, 0) is 6.54 Å². The summed E-state index contributed by atoms with van der Waals surface area (Å²) >= 11 is 4.79. The first-order chi connectivity index (χ1) is 6.84. The molecule has 1 aromatic heterocycles. The van der Waals surface area contributed by atoms with Gasteiger partial charge in [0.15, 0.2) is 0 Å². The number of halogens is 1. The van der Waals surface area contributed by atoms with Crippen molar-refractivity contribution in [1.29, 1.82) is 0 Å². The molecule has 2 aromatic rings. The van der Waals surface area contributed by atoms with Crippen LogP contribution in [0.4, 0.5) is 5.13 Å². The van der Waals surface area contributed by atoms with Crippen molar-refractivity contribution in [3.63, 3.8) is 0 Å². The van der Waals surface area contributed by atoms with Gasteiger partial charge in [0.25, 0.3) is 0 Å². The third kappa shape index (κ3) is 2.52. The van der Waals surface area contributed by atoms with E-state index in [0.717, 1.165) is 16.1 Å². The van der Waals surface area contributed by atoms with E-state index < -0.39 is 0 Å². The fourth-order valence-electron chi connectivity index (χ4n) is 1.08. The van der Waals surface area contributed by atoms with Crippen molar-refractivity contribution in [1.82, 2.24) is 9.36 Å². The van der Waals surface area contributed by atoms with Gasteiger partial charge in [0, 0.05) is 22.5 Å². The summed E-state index contributed by atoms with van der Waals surface area (Å²) in [5, 5.41) is 4.04. The second kappa shape index (κ2) is 4.52. The van der Waals surface area contributed by atoms with E-state index in [9.17, 15) is 0 Å². The molecule has 0 atom stereocenters. The summed E-state index contributed by atoms with van der Waals surface area (Å²) in [6, 6.07) is 8.17. The summed E-state index contributed by atoms with van der Waals surface area (Å²) in [7, 11) is 0. The predicted octanol–water partition coefficient (Wildman–Crippen LogP) is 2.91. The highest BCUT2D eigenvalue weighted by Gasteiger charge is 1.96. The molecule has 0 bridgehead atoms. The van der Waals surface area contributed by atoms with Gasteiger partial charge in [-0.15, -0.1) is 0 Å². The molecule has 0 fully saturated rings. The van der Waals surface area contributed by atoms with Crippen LogP contribution in [0.1, 0.15) is 5.56 Å². The Labute approximate surface area is 94.5 Å². The summed E-state index contributed by atoms with van der Waals surface area (Å²) in [6.07, 6.45) is 1.55. The standard InChI is InChI=1S/C9H8BrN3S/c10-8-3-1-2-7(4-8)5-11-9-12-6-13-14-9/h1-4,6H,5H2,(H,11,12,13). The highest BCUT2D eigenvalue weighted by Crippen LogP contribution is 2.13. The topological polar surface area (TPSA) is 37.8 Å². The molecule has 3 nitrogen and oxygen atoms in total. The summed E-state index contributed by atoms with van der Waals surface area (Å²) in [5.41, 5.74) is 1.22. The normalized spacial score (nSPS) is 10.1. The van der Waals surface area contributed by atoms with E-state index in [1.807, 2.05) is 12.1 Å². The van der Waals surface area contributed by atoms with Crippen molar-refractivity contribution >= 4 is 32.6 Å². The van der Waals surface area contributed by atoms with Gasteiger partial charge in [0.2, 0.25) is 5.13 Å². The molecular formula is C9H8BrN3S. The minimum absolute atomic E-state index is 0.772. The smallest absolute Gasteiger partial charge is 0.202 e. The summed E-state index contributed by atoms with van der Waals surface area (Å²) in [5.74, 6) is 0. The van der Waals surface area contributed by atoms with E-state index in [1.165, 1.54) is 17.1 Å². The number of benzene rings is 1. The van der Waals surface area contributed by atoms with Crippen LogP contribution in [0.5, 0.6) is 0 Å². The van der Waals surface area contributed by atoms with E-state index in [1.54, 1.807) is 6.33 Å². The Kier molecular flexibility index (Phi) is 3.10. The lowest BCUT2D eigenvalue weighted by molar-refractivity contribution is 1.13. The third-order valence-corrected chi connectivity index (χ3v) is 2.81. The SMILES string of the molecule is Brc1cccc(CNc2ncns2)c1. The molecule has 0 radical (unpaired) electrons. The van der Waals surface area contributed by atoms with Gasteiger partial charge in [-0.05, 0) is 17.7 Å². The number of nitrogens with zero attached hydrogens (tertiary/aromatic N) is 2. The van der Waals surface area contributed by atoms with Crippen LogP contribution in [-0.4, -0.2) is 9.36 Å². The summed E-state index contributed by atoms with van der Waals surface area (Å²) in [6.45, 7) is 0.772. The maximum Gasteiger partial charge on any atom is 0.202 e. The molecule has 0 amide bonds. The first-order valence-electron chi connectivity index (χ1n) is 4.09. The Morgan fingerprint density at radius 3 is 3.07 bits per heavy atom. The predicted molar refractivity (Wildman–Crippen MR) is 61.4 cm³/mol. The number of anilines is 1. The Hall–Kier alpha value is -0.940. The van der Waals surface area contributed by atoms with Gasteiger partial charge < -0.3 is 5.32 Å². The van der Waals surface area contributed by atoms with Crippen LogP contribution in [0.15, 0.2) is 35.1 Å². The lowest BCUT2D eigenvalue weighted by Gasteiger charge is -2.02. The molecule has 0 saturated heterocycles. The zero-order chi connectivity index (χ0) is 9.80. The van der Waals surface area contributed by atoms with Crippen LogP contribution < -0.4 is 5.32 Å². The number of hydrogen-bond acceptors (Lipinski definition) is 4. The molecule has 72 valence electrons. The molecule has 0 aliphatic carbocycles. The molecule has 0 spiro atoms. The lowest BCUT2D eigenvalue weighted by Crippen LogP contribution is -1.98. The Bertz CT molecular complexity index is 402. The third-order valence-electron chi connectivity index (χ3n) is 1.69. The van der Waals surface area contributed by atoms with E-state index in [2.05, 4.69) is 42.7 Å². The van der Waals surface area contributed by atoms with Gasteiger partial charge in [-0.3, -0.25) is 0 Å². The minimum Gasteiger partial charge on any atom is -0.356 e. The zero-order valence-electron chi connectivity index (χ0n) is 7.27. The van der Waals surface area contributed by atoms with Crippen molar-refractivity contribution in [2.45, 2.75) is 6.54 Å². The molecule has 1 heterocycles. The van der Waals surface area contributed by atoms with Gasteiger partial charge in [-0.1, -0.05) is 28.1 Å². The molecule has 0 unspecified atom stereocenters. The lowest BCUT2D eigenvalue weighted by atomic mass is 10.2. The van der Waals surface area contributed by atoms with Gasteiger partial charge in [0.1, 0.15) is 6.33 Å². The van der Waals surface area contributed by atoms with Gasteiger partial charge in [-0.2, -0.15) is 4.37 Å². The molecule has 1 N–H and O–H groups in total. The first-order valence-corrected chi connectivity index (χ1v) is 5.66. The van der Waals surface area contributed by atoms with Crippen molar-refractivity contribution < 1.29 is 0 Å². The van der Waals surface area contributed by atoms with E-state index in [-0.39, 0.29) is 0 Å². The van der Waals surface area contributed by atoms with Crippen molar-refractivity contribution in [2.24, 2.45) is 0 Å². The molecule has 2 rings (SSSR count). The Balaban J connectivity index is 1.98. The highest BCUT2D eigenvalue weighted by atomic mass is 79.9. The van der Waals surface area contributed by atoms with Crippen molar-refractivity contribution in [3.05, 3.63) is 40.6 Å². The van der Waals surface area contributed by atoms with Crippen molar-refractivity contribution in [3.8, 4) is 0 Å². The zero-order valence-corrected chi connectivity index (χ0v) is 9.68. The van der Waals surface area contributed by atoms with Crippen molar-refractivity contribution in [2.75, 3.05) is 5.32 Å². The van der Waals surface area contributed by atoms with Crippen LogP contribution in [0.25, 0.3) is 0 Å². The van der Waals surface area contributed by atoms with Gasteiger partial charge in [0.05, 0.1) is 0 Å². The molecule has 0 saturated carbocycles. The maximum absolute atomic E-state index is 4.04. The molecule has 1 aromatic carbocycles. The molecule has 5 heteroatoms. The maximum atomic E-state index is 4.04. The number of nitrogens with one attached hydrogen (secondary N) is 1. The fourth-order valence-corrected chi connectivity index (χ4v) is 1.95. The Morgan fingerprint density at radius 1 is 1.43 bits per heavy atom. The second-order valence-electron chi connectivity index (χ2n) is 2.73. The average Bonchev–Trinajstić information content (AvgIpc) is 2.67. The molecule has 0 aliphatic rings. The van der Waals surface area contributed by atoms with E-state index >= 15 is 0 Å². The number of hydrogen-bond donors (Lipinski definition) is 1. The molecular weight excluding hydrogens is 262 g/mol. The average molecular weight is 270 g/mol. The fraction of sp³-hybridized carbons (Fsp3) is 0.111. The second-order valence-corrected chi connectivity index (χ2v) is 4.43. The molecule has 0 aliphatic heterocycles. The van der Waals surface area contributed by atoms with E-state index in [4.69, 9.17) is 0 Å².